The quantitative estimate of drug-likeness (QED) is 0.0779. The Morgan fingerprint density at radius 3 is 1.10 bits per heavy atom. The molecule has 11 nitrogen and oxygen atoms in total. The summed E-state index contributed by atoms with van der Waals surface area (Å²) in [6.45, 7) is 78.7. The fraction of sp³-hybridized carbons (Fsp3) is 0.619. The van der Waals surface area contributed by atoms with Crippen molar-refractivity contribution in [2.24, 2.45) is 10.8 Å². The molecule has 4 fully saturated rings. The molecule has 2 unspecified atom stereocenters. The number of nitrogens with zero attached hydrogens (tertiary/aromatic N) is 2. The number of benzene rings is 6. The second-order valence-corrected chi connectivity index (χ2v) is 42.4. The molecule has 0 radical (unpaired) electrons. The van der Waals surface area contributed by atoms with Crippen LogP contribution in [0.15, 0.2) is 103 Å². The molecule has 604 valence electrons. The van der Waals surface area contributed by atoms with E-state index in [4.69, 9.17) is 42.2 Å². The molecule has 0 aliphatic carbocycles. The first-order valence-corrected chi connectivity index (χ1v) is 41.7. The van der Waals surface area contributed by atoms with Crippen LogP contribution in [0.25, 0.3) is 55.0 Å². The zero-order valence-corrected chi connectivity index (χ0v) is 76.0. The van der Waals surface area contributed by atoms with Gasteiger partial charge in [-0.25, -0.2) is 0 Å². The maximum absolute atomic E-state index is 7.11. The Hall–Kier alpha value is -5.03. The molecule has 14 heteroatoms. The smallest absolute Gasteiger partial charge is 0.463 e. The topological polar surface area (TPSA) is 92.9 Å². The molecule has 6 heterocycles. The fourth-order valence-electron chi connectivity index (χ4n) is 15.9. The molecule has 4 aliphatic heterocycles. The van der Waals surface area contributed by atoms with Gasteiger partial charge in [0.2, 0.25) is 0 Å². The molecule has 111 heavy (non-hydrogen) atoms. The summed E-state index contributed by atoms with van der Waals surface area (Å²) in [7, 11) is -1.13. The Balaban J connectivity index is 0.000000231. The average Bonchev–Trinajstić information content (AvgIpc) is 1.58. The summed E-state index contributed by atoms with van der Waals surface area (Å²) >= 11 is 0. The molecular formula is C97H145B2LiN2O9. The second kappa shape index (κ2) is 33.9. The van der Waals surface area contributed by atoms with Crippen molar-refractivity contribution >= 4 is 63.5 Å². The largest absolute Gasteiger partial charge is 1.00 e. The number of unbranched alkanes of at least 4 members (excludes halogenated alkanes) is 1. The van der Waals surface area contributed by atoms with Gasteiger partial charge in [-0.2, -0.15) is 6.42 Å². The van der Waals surface area contributed by atoms with Crippen molar-refractivity contribution in [3.8, 4) is 22.9 Å². The van der Waals surface area contributed by atoms with Gasteiger partial charge in [0.1, 0.15) is 11.5 Å². The summed E-state index contributed by atoms with van der Waals surface area (Å²) in [5, 5.41) is 5.09. The third-order valence-electron chi connectivity index (χ3n) is 23.3. The Labute approximate surface area is 686 Å². The van der Waals surface area contributed by atoms with E-state index in [1.807, 2.05) is 41.5 Å². The first kappa shape index (κ1) is 91.5. The van der Waals surface area contributed by atoms with Crippen molar-refractivity contribution in [2.45, 2.75) is 366 Å². The van der Waals surface area contributed by atoms with Crippen molar-refractivity contribution in [1.82, 2.24) is 9.13 Å². The maximum Gasteiger partial charge on any atom is 1.00 e. The van der Waals surface area contributed by atoms with Crippen LogP contribution in [0.4, 0.5) is 0 Å². The predicted octanol–water partition coefficient (Wildman–Crippen LogP) is 22.9. The van der Waals surface area contributed by atoms with Gasteiger partial charge in [0, 0.05) is 46.0 Å². The molecule has 0 bridgehead atoms. The van der Waals surface area contributed by atoms with Crippen LogP contribution in [0.1, 0.15) is 326 Å². The minimum Gasteiger partial charge on any atom is -0.463 e. The Bertz CT molecular complexity index is 4300. The molecular weight excluding hydrogens is 1370 g/mol. The number of ether oxygens (including phenoxy) is 4. The minimum atomic E-state index is -0.606. The van der Waals surface area contributed by atoms with Crippen LogP contribution in [0, 0.1) is 17.8 Å². The summed E-state index contributed by atoms with van der Waals surface area (Å²) in [5.41, 5.74) is 14.4. The molecule has 2 aromatic heterocycles. The van der Waals surface area contributed by atoms with Crippen molar-refractivity contribution < 1.29 is 61.1 Å². The van der Waals surface area contributed by atoms with E-state index in [0.717, 1.165) is 104 Å². The van der Waals surface area contributed by atoms with Crippen LogP contribution < -0.4 is 33.8 Å². The first-order valence-electron chi connectivity index (χ1n) is 41.7. The van der Waals surface area contributed by atoms with E-state index in [1.165, 1.54) is 72.4 Å². The molecule has 2 atom stereocenters. The number of rotatable bonds is 14. The minimum absolute atomic E-state index is 0. The van der Waals surface area contributed by atoms with Crippen molar-refractivity contribution in [3.63, 3.8) is 0 Å². The monoisotopic (exact) mass is 1510 g/mol. The zero-order chi connectivity index (χ0) is 81.9. The van der Waals surface area contributed by atoms with E-state index in [2.05, 4.69) is 306 Å². The van der Waals surface area contributed by atoms with Gasteiger partial charge >= 0.3 is 33.3 Å². The Kier molecular flexibility index (Phi) is 27.9. The van der Waals surface area contributed by atoms with Crippen molar-refractivity contribution in [2.75, 3.05) is 13.2 Å². The van der Waals surface area contributed by atoms with E-state index < -0.39 is 25.6 Å². The molecule has 0 spiro atoms. The van der Waals surface area contributed by atoms with Gasteiger partial charge in [-0.3, -0.25) is 0 Å². The van der Waals surface area contributed by atoms with Gasteiger partial charge in [0.25, 0.3) is 0 Å². The predicted molar refractivity (Wildman–Crippen MR) is 467 cm³/mol. The van der Waals surface area contributed by atoms with Crippen molar-refractivity contribution in [1.29, 1.82) is 0 Å². The Morgan fingerprint density at radius 1 is 0.432 bits per heavy atom. The standard InChI is InChI=1S/C45H64BNO4.C39H53NO2.C9H19BO3.C4H9.Li/c1-40(2,3)28-43(10,11)31-26-34(46-50-44(12,13)45(14,15)51-46)39(49-38-18-16-17-23-48-38)37(27-31)47-35-21-19-29(41(4,5)6)24-32(35)33-25-30(42(7,8)9)20-22-36(33)47;1-36(2,3)25-39(10,11)28-17-20-34(42-35-14-12-13-21-41-35)33(24-28)40-31-18-15-26(37(4,5)6)22-29(31)30-23-27(38(7,8)9)16-19-32(30)40;1-7(2)11-10-12-8(3,4)9(5,6)13-10;1-3-4-2;/h19-22,24-27,38H,16-18,23,28H2,1-15H3;15-20,22-24,35H,12-14,21,25H2,1-11H3;7H,1-6H3;1,3-4H2,2H3;/q;;;-1;+1. The van der Waals surface area contributed by atoms with E-state index in [-0.39, 0.29) is 92.1 Å². The van der Waals surface area contributed by atoms with Gasteiger partial charge in [-0.05, 0) is 251 Å². The van der Waals surface area contributed by atoms with Crippen LogP contribution >= 0.6 is 0 Å². The summed E-state index contributed by atoms with van der Waals surface area (Å²) in [6.07, 6.45) is 10.1. The number of fused-ring (bicyclic) bond motifs is 6. The van der Waals surface area contributed by atoms with E-state index in [1.54, 1.807) is 0 Å². The molecule has 4 saturated heterocycles. The molecule has 0 saturated carbocycles. The van der Waals surface area contributed by atoms with Gasteiger partial charge < -0.3 is 58.3 Å². The zero-order valence-electron chi connectivity index (χ0n) is 76.0. The normalized spacial score (nSPS) is 19.0. The third-order valence-corrected chi connectivity index (χ3v) is 23.3. The van der Waals surface area contributed by atoms with Crippen LogP contribution in [0.5, 0.6) is 11.5 Å². The summed E-state index contributed by atoms with van der Waals surface area (Å²) in [6, 6.07) is 39.7. The number of aromatic nitrogens is 2. The molecule has 0 N–H and O–H groups in total. The van der Waals surface area contributed by atoms with Crippen LogP contribution in [0.3, 0.4) is 0 Å². The number of hydrogen-bond donors (Lipinski definition) is 0. The molecule has 12 rings (SSSR count). The van der Waals surface area contributed by atoms with Gasteiger partial charge in [0.05, 0.1) is 69.1 Å². The number of hydrogen-bond acceptors (Lipinski definition) is 9. The molecule has 8 aromatic rings. The molecule has 6 aromatic carbocycles. The van der Waals surface area contributed by atoms with Gasteiger partial charge in [-0.15, -0.1) is 0 Å². The summed E-state index contributed by atoms with van der Waals surface area (Å²) in [4.78, 5) is 0. The van der Waals surface area contributed by atoms with E-state index in [0.29, 0.717) is 6.61 Å². The molecule has 0 amide bonds. The van der Waals surface area contributed by atoms with Crippen LogP contribution in [-0.4, -0.2) is 77.9 Å². The van der Waals surface area contributed by atoms with Crippen LogP contribution in [-0.2, 0) is 65.2 Å². The summed E-state index contributed by atoms with van der Waals surface area (Å²) < 4.78 is 61.4. The average molecular weight is 1510 g/mol. The van der Waals surface area contributed by atoms with Crippen LogP contribution in [0.2, 0.25) is 0 Å². The molecule has 4 aliphatic rings. The van der Waals surface area contributed by atoms with Gasteiger partial charge in [-0.1, -0.05) is 202 Å². The fourth-order valence-corrected chi connectivity index (χ4v) is 15.9. The van der Waals surface area contributed by atoms with Crippen molar-refractivity contribution in [3.05, 3.63) is 143 Å². The van der Waals surface area contributed by atoms with E-state index >= 15 is 0 Å². The third kappa shape index (κ3) is 21.6. The first-order chi connectivity index (χ1) is 50.5. The maximum atomic E-state index is 7.11. The SMILES string of the molecule is CC(C)(C)CC(C)(C)c1cc(B2OC(C)(C)C(C)(C)O2)c(OC2CCCCO2)c(-n2c3ccc(C(C)(C)C)cc3c3cc(C(C)(C)C)ccc32)c1.CC(C)(C)CC(C)(C)c1ccc(OC2CCCCO2)c(-n2c3ccc(C(C)(C)C)cc3c3cc(C(C)(C)C)ccc32)c1.CC(C)OB1OC(C)(C)C(C)(C)O1.[CH2-]CCC.[Li+]. The second-order valence-electron chi connectivity index (χ2n) is 42.4. The summed E-state index contributed by atoms with van der Waals surface area (Å²) in [5.74, 6) is 1.66. The Morgan fingerprint density at radius 2 is 0.766 bits per heavy atom. The van der Waals surface area contributed by atoms with E-state index in [9.17, 15) is 0 Å². The van der Waals surface area contributed by atoms with Gasteiger partial charge in [0.15, 0.2) is 12.6 Å².